The molecule has 0 unspecified atom stereocenters. The second-order valence-electron chi connectivity index (χ2n) is 3.44. The summed E-state index contributed by atoms with van der Waals surface area (Å²) < 4.78 is 22.5. The first-order valence-electron chi connectivity index (χ1n) is 5.01. The van der Waals surface area contributed by atoms with Gasteiger partial charge < -0.3 is 10.6 Å². The number of anilines is 1. The number of primary sulfonamides is 1. The van der Waals surface area contributed by atoms with E-state index in [1.165, 1.54) is 12.1 Å². The van der Waals surface area contributed by atoms with E-state index in [-0.39, 0.29) is 22.9 Å². The summed E-state index contributed by atoms with van der Waals surface area (Å²) in [6.07, 6.45) is 0.259. The first-order chi connectivity index (χ1) is 7.95. The molecule has 0 aliphatic heterocycles. The van der Waals surface area contributed by atoms with Crippen molar-refractivity contribution in [3.05, 3.63) is 24.3 Å². The van der Waals surface area contributed by atoms with Gasteiger partial charge in [0.25, 0.3) is 0 Å². The molecular formula is C10H15N3O3S. The third-order valence-corrected chi connectivity index (χ3v) is 3.04. The van der Waals surface area contributed by atoms with Crippen molar-refractivity contribution >= 4 is 21.6 Å². The van der Waals surface area contributed by atoms with Gasteiger partial charge in [-0.3, -0.25) is 4.79 Å². The number of carbonyl (C=O) groups excluding carboxylic acids is 1. The van der Waals surface area contributed by atoms with Crippen LogP contribution >= 0.6 is 0 Å². The fraction of sp³-hybridized carbons (Fsp3) is 0.300. The van der Waals surface area contributed by atoms with Crippen LogP contribution in [0.4, 0.5) is 5.69 Å². The Hall–Kier alpha value is -1.44. The third-order valence-electron chi connectivity index (χ3n) is 2.07. The molecule has 0 aromatic heterocycles. The van der Waals surface area contributed by atoms with Crippen LogP contribution in [-0.4, -0.2) is 27.9 Å². The SMILES string of the molecule is CNCCC(=O)Nc1ccccc1S(N)(=O)=O. The molecule has 4 N–H and O–H groups in total. The van der Waals surface area contributed by atoms with Gasteiger partial charge in [0.15, 0.2) is 0 Å². The molecule has 0 aliphatic rings. The molecule has 1 aromatic rings. The van der Waals surface area contributed by atoms with Crippen molar-refractivity contribution in [2.75, 3.05) is 18.9 Å². The zero-order valence-electron chi connectivity index (χ0n) is 9.43. The normalized spacial score (nSPS) is 11.2. The number of nitrogens with one attached hydrogen (secondary N) is 2. The Bertz CT molecular complexity index is 499. The van der Waals surface area contributed by atoms with Crippen molar-refractivity contribution in [1.29, 1.82) is 0 Å². The topological polar surface area (TPSA) is 101 Å². The number of nitrogens with two attached hydrogens (primary N) is 1. The standard InChI is InChI=1S/C10H15N3O3S/c1-12-7-6-10(14)13-8-4-2-3-5-9(8)17(11,15)16/h2-5,12H,6-7H2,1H3,(H,13,14)(H2,11,15,16). The lowest BCUT2D eigenvalue weighted by Gasteiger charge is -2.09. The molecule has 0 saturated carbocycles. The van der Waals surface area contributed by atoms with E-state index in [1.54, 1.807) is 19.2 Å². The maximum Gasteiger partial charge on any atom is 0.240 e. The van der Waals surface area contributed by atoms with Crippen LogP contribution in [0.2, 0.25) is 0 Å². The molecule has 1 rings (SSSR count). The third kappa shape index (κ3) is 4.14. The maximum atomic E-state index is 11.5. The monoisotopic (exact) mass is 257 g/mol. The fourth-order valence-corrected chi connectivity index (χ4v) is 1.96. The number of carbonyl (C=O) groups is 1. The number of amides is 1. The molecule has 17 heavy (non-hydrogen) atoms. The van der Waals surface area contributed by atoms with Crippen molar-refractivity contribution in [3.8, 4) is 0 Å². The fourth-order valence-electron chi connectivity index (χ4n) is 1.27. The Morgan fingerprint density at radius 2 is 2.00 bits per heavy atom. The van der Waals surface area contributed by atoms with Crippen LogP contribution in [0.1, 0.15) is 6.42 Å². The van der Waals surface area contributed by atoms with E-state index in [0.29, 0.717) is 6.54 Å². The highest BCUT2D eigenvalue weighted by molar-refractivity contribution is 7.89. The van der Waals surface area contributed by atoms with Gasteiger partial charge in [0.05, 0.1) is 5.69 Å². The van der Waals surface area contributed by atoms with E-state index in [9.17, 15) is 13.2 Å². The zero-order valence-corrected chi connectivity index (χ0v) is 10.3. The Morgan fingerprint density at radius 1 is 1.35 bits per heavy atom. The second kappa shape index (κ2) is 5.76. The van der Waals surface area contributed by atoms with Crippen LogP contribution in [0.15, 0.2) is 29.2 Å². The quantitative estimate of drug-likeness (QED) is 0.684. The molecule has 94 valence electrons. The summed E-state index contributed by atoms with van der Waals surface area (Å²) in [7, 11) is -2.10. The minimum atomic E-state index is -3.83. The van der Waals surface area contributed by atoms with E-state index in [4.69, 9.17) is 5.14 Å². The molecule has 1 aromatic carbocycles. The van der Waals surface area contributed by atoms with Gasteiger partial charge >= 0.3 is 0 Å². The van der Waals surface area contributed by atoms with Gasteiger partial charge in [-0.25, -0.2) is 13.6 Å². The average Bonchev–Trinajstić information content (AvgIpc) is 2.25. The van der Waals surface area contributed by atoms with Crippen LogP contribution in [0.5, 0.6) is 0 Å². The molecule has 7 heteroatoms. The summed E-state index contributed by atoms with van der Waals surface area (Å²) >= 11 is 0. The highest BCUT2D eigenvalue weighted by Crippen LogP contribution is 2.19. The van der Waals surface area contributed by atoms with Gasteiger partial charge in [0.1, 0.15) is 4.90 Å². The molecule has 0 aliphatic carbocycles. The van der Waals surface area contributed by atoms with Gasteiger partial charge in [-0.2, -0.15) is 0 Å². The minimum Gasteiger partial charge on any atom is -0.325 e. The van der Waals surface area contributed by atoms with Gasteiger partial charge in [-0.15, -0.1) is 0 Å². The first-order valence-corrected chi connectivity index (χ1v) is 6.56. The maximum absolute atomic E-state index is 11.5. The average molecular weight is 257 g/mol. The number of sulfonamides is 1. The van der Waals surface area contributed by atoms with Crippen molar-refractivity contribution < 1.29 is 13.2 Å². The number of hydrogen-bond acceptors (Lipinski definition) is 4. The highest BCUT2D eigenvalue weighted by Gasteiger charge is 2.14. The molecule has 0 radical (unpaired) electrons. The second-order valence-corrected chi connectivity index (χ2v) is 4.97. The van der Waals surface area contributed by atoms with Crippen molar-refractivity contribution in [3.63, 3.8) is 0 Å². The van der Waals surface area contributed by atoms with E-state index >= 15 is 0 Å². The van der Waals surface area contributed by atoms with Crippen LogP contribution in [0, 0.1) is 0 Å². The van der Waals surface area contributed by atoms with Crippen LogP contribution < -0.4 is 15.8 Å². The molecule has 1 amide bonds. The lowest BCUT2D eigenvalue weighted by atomic mass is 10.3. The van der Waals surface area contributed by atoms with Gasteiger partial charge in [0.2, 0.25) is 15.9 Å². The molecule has 0 heterocycles. The summed E-state index contributed by atoms with van der Waals surface area (Å²) in [5, 5.41) is 10.4. The van der Waals surface area contributed by atoms with Crippen LogP contribution in [0.3, 0.4) is 0 Å². The number of benzene rings is 1. The van der Waals surface area contributed by atoms with E-state index in [2.05, 4.69) is 10.6 Å². The number of hydrogen-bond donors (Lipinski definition) is 3. The Morgan fingerprint density at radius 3 is 2.59 bits per heavy atom. The van der Waals surface area contributed by atoms with Crippen molar-refractivity contribution in [2.45, 2.75) is 11.3 Å². The highest BCUT2D eigenvalue weighted by atomic mass is 32.2. The lowest BCUT2D eigenvalue weighted by molar-refractivity contribution is -0.116. The van der Waals surface area contributed by atoms with Crippen LogP contribution in [-0.2, 0) is 14.8 Å². The van der Waals surface area contributed by atoms with E-state index < -0.39 is 10.0 Å². The number of rotatable bonds is 5. The Kier molecular flexibility index (Phi) is 4.62. The molecule has 6 nitrogen and oxygen atoms in total. The molecule has 0 atom stereocenters. The molecular weight excluding hydrogens is 242 g/mol. The van der Waals surface area contributed by atoms with Crippen molar-refractivity contribution in [2.24, 2.45) is 5.14 Å². The zero-order chi connectivity index (χ0) is 12.9. The Balaban J connectivity index is 2.88. The largest absolute Gasteiger partial charge is 0.325 e. The lowest BCUT2D eigenvalue weighted by Crippen LogP contribution is -2.21. The summed E-state index contributed by atoms with van der Waals surface area (Å²) in [6, 6.07) is 6.02. The number of para-hydroxylation sites is 1. The smallest absolute Gasteiger partial charge is 0.240 e. The molecule has 0 saturated heterocycles. The van der Waals surface area contributed by atoms with Crippen LogP contribution in [0.25, 0.3) is 0 Å². The summed E-state index contributed by atoms with van der Waals surface area (Å²) in [6.45, 7) is 0.517. The molecule has 0 spiro atoms. The first kappa shape index (κ1) is 13.6. The molecule has 0 bridgehead atoms. The summed E-state index contributed by atoms with van der Waals surface area (Å²) in [5.74, 6) is -0.268. The minimum absolute atomic E-state index is 0.0854. The predicted octanol–water partition coefficient (Wildman–Crippen LogP) is -0.118. The van der Waals surface area contributed by atoms with Gasteiger partial charge in [0, 0.05) is 13.0 Å². The predicted molar refractivity (Wildman–Crippen MR) is 65.0 cm³/mol. The summed E-state index contributed by atoms with van der Waals surface area (Å²) in [4.78, 5) is 11.4. The van der Waals surface area contributed by atoms with E-state index in [0.717, 1.165) is 0 Å². The Labute approximate surface area is 100 Å². The van der Waals surface area contributed by atoms with Gasteiger partial charge in [-0.1, -0.05) is 12.1 Å². The summed E-state index contributed by atoms with van der Waals surface area (Å²) in [5.41, 5.74) is 0.205. The van der Waals surface area contributed by atoms with Crippen molar-refractivity contribution in [1.82, 2.24) is 5.32 Å². The van der Waals surface area contributed by atoms with Gasteiger partial charge in [-0.05, 0) is 19.2 Å². The van der Waals surface area contributed by atoms with E-state index in [1.807, 2.05) is 0 Å². The molecule has 0 fully saturated rings.